The fourth-order valence-electron chi connectivity index (χ4n) is 3.54. The number of nitrogens with zero attached hydrogens (tertiary/aromatic N) is 2. The summed E-state index contributed by atoms with van der Waals surface area (Å²) in [6.45, 7) is 2.31. The van der Waals surface area contributed by atoms with Gasteiger partial charge in [0.05, 0.1) is 16.8 Å². The van der Waals surface area contributed by atoms with E-state index in [1.165, 1.54) is 16.4 Å². The van der Waals surface area contributed by atoms with Crippen LogP contribution in [0.3, 0.4) is 0 Å². The molecule has 2 aromatic rings. The number of sulfonamides is 2. The van der Waals surface area contributed by atoms with Gasteiger partial charge in [0.15, 0.2) is 0 Å². The van der Waals surface area contributed by atoms with Crippen molar-refractivity contribution in [3.8, 4) is 0 Å². The standard InChI is InChI=1S/C21H27N3O5S2/c1-17-9-4-5-12-20(17)24(30(2,26)27)16-21(25)22-18-10-8-11-19(15-18)31(28,29)23-13-6-3-7-14-23/h4-5,8-12,15H,3,6-7,13-14,16H2,1-2H3,(H,22,25). The summed E-state index contributed by atoms with van der Waals surface area (Å²) in [5.74, 6) is -0.568. The number of hydrogen-bond acceptors (Lipinski definition) is 5. The van der Waals surface area contributed by atoms with Gasteiger partial charge in [0.25, 0.3) is 0 Å². The first-order chi connectivity index (χ1) is 14.6. The average molecular weight is 466 g/mol. The van der Waals surface area contributed by atoms with Crippen LogP contribution in [0.25, 0.3) is 0 Å². The van der Waals surface area contributed by atoms with Crippen LogP contribution in [0.5, 0.6) is 0 Å². The molecule has 0 aliphatic carbocycles. The number of aryl methyl sites for hydroxylation is 1. The highest BCUT2D eigenvalue weighted by atomic mass is 32.2. The number of amides is 1. The molecule has 3 rings (SSSR count). The van der Waals surface area contributed by atoms with Gasteiger partial charge < -0.3 is 5.32 Å². The summed E-state index contributed by atoms with van der Waals surface area (Å²) < 4.78 is 52.8. The summed E-state index contributed by atoms with van der Waals surface area (Å²) in [4.78, 5) is 12.7. The molecule has 0 aromatic heterocycles. The Morgan fingerprint density at radius 1 is 1.00 bits per heavy atom. The van der Waals surface area contributed by atoms with Crippen molar-refractivity contribution < 1.29 is 21.6 Å². The van der Waals surface area contributed by atoms with Crippen LogP contribution >= 0.6 is 0 Å². The fraction of sp³-hybridized carbons (Fsp3) is 0.381. The van der Waals surface area contributed by atoms with E-state index < -0.39 is 32.5 Å². The first-order valence-corrected chi connectivity index (χ1v) is 13.3. The smallest absolute Gasteiger partial charge is 0.245 e. The van der Waals surface area contributed by atoms with E-state index in [1.807, 2.05) is 0 Å². The molecule has 8 nitrogen and oxygen atoms in total. The number of benzene rings is 2. The van der Waals surface area contributed by atoms with Crippen LogP contribution < -0.4 is 9.62 Å². The molecule has 1 fully saturated rings. The summed E-state index contributed by atoms with van der Waals surface area (Å²) in [5, 5.41) is 2.62. The molecule has 0 bridgehead atoms. The van der Waals surface area contributed by atoms with Crippen molar-refractivity contribution >= 4 is 37.3 Å². The van der Waals surface area contributed by atoms with Crippen LogP contribution in [0.2, 0.25) is 0 Å². The number of carbonyl (C=O) groups excluding carboxylic acids is 1. The first kappa shape index (κ1) is 23.2. The van der Waals surface area contributed by atoms with Gasteiger partial charge in [-0.25, -0.2) is 16.8 Å². The van der Waals surface area contributed by atoms with E-state index in [9.17, 15) is 21.6 Å². The van der Waals surface area contributed by atoms with E-state index >= 15 is 0 Å². The largest absolute Gasteiger partial charge is 0.324 e. The van der Waals surface area contributed by atoms with Crippen molar-refractivity contribution in [1.29, 1.82) is 0 Å². The van der Waals surface area contributed by atoms with Crippen LogP contribution in [-0.4, -0.2) is 52.9 Å². The number of nitrogens with one attached hydrogen (secondary N) is 1. The van der Waals surface area contributed by atoms with Crippen LogP contribution in [-0.2, 0) is 24.8 Å². The first-order valence-electron chi connectivity index (χ1n) is 10.0. The third-order valence-electron chi connectivity index (χ3n) is 5.14. The van der Waals surface area contributed by atoms with Crippen molar-refractivity contribution in [2.75, 3.05) is 35.5 Å². The Bertz CT molecular complexity index is 1160. The van der Waals surface area contributed by atoms with Gasteiger partial charge in [-0.2, -0.15) is 4.31 Å². The Hall–Kier alpha value is -2.43. The molecule has 0 atom stereocenters. The molecule has 0 unspecified atom stereocenters. The maximum Gasteiger partial charge on any atom is 0.245 e. The van der Waals surface area contributed by atoms with Crippen molar-refractivity contribution in [3.63, 3.8) is 0 Å². The van der Waals surface area contributed by atoms with Crippen LogP contribution in [0, 0.1) is 6.92 Å². The van der Waals surface area contributed by atoms with Gasteiger partial charge in [-0.1, -0.05) is 30.7 Å². The van der Waals surface area contributed by atoms with Gasteiger partial charge in [0.1, 0.15) is 6.54 Å². The zero-order chi connectivity index (χ0) is 22.6. The summed E-state index contributed by atoms with van der Waals surface area (Å²) in [6, 6.07) is 12.9. The summed E-state index contributed by atoms with van der Waals surface area (Å²) in [6.07, 6.45) is 3.71. The normalized spacial score (nSPS) is 15.4. The van der Waals surface area contributed by atoms with E-state index in [4.69, 9.17) is 0 Å². The number of carbonyl (C=O) groups is 1. The van der Waals surface area contributed by atoms with Gasteiger partial charge in [-0.05, 0) is 49.6 Å². The zero-order valence-corrected chi connectivity index (χ0v) is 19.2. The van der Waals surface area contributed by atoms with E-state index in [0.717, 1.165) is 35.4 Å². The lowest BCUT2D eigenvalue weighted by Gasteiger charge is -2.26. The highest BCUT2D eigenvalue weighted by Crippen LogP contribution is 2.24. The zero-order valence-electron chi connectivity index (χ0n) is 17.6. The minimum atomic E-state index is -3.70. The number of piperidine rings is 1. The molecule has 10 heteroatoms. The van der Waals surface area contributed by atoms with Gasteiger partial charge in [0.2, 0.25) is 26.0 Å². The van der Waals surface area contributed by atoms with E-state index in [-0.39, 0.29) is 4.90 Å². The van der Waals surface area contributed by atoms with Crippen LogP contribution in [0.1, 0.15) is 24.8 Å². The maximum atomic E-state index is 12.9. The molecular formula is C21H27N3O5S2. The minimum Gasteiger partial charge on any atom is -0.324 e. The number of hydrogen-bond donors (Lipinski definition) is 1. The average Bonchev–Trinajstić information content (AvgIpc) is 2.73. The summed E-state index contributed by atoms with van der Waals surface area (Å²) in [7, 11) is -7.34. The monoisotopic (exact) mass is 465 g/mol. The third-order valence-corrected chi connectivity index (χ3v) is 8.16. The second-order valence-electron chi connectivity index (χ2n) is 7.60. The Morgan fingerprint density at radius 2 is 1.68 bits per heavy atom. The van der Waals surface area contributed by atoms with Crippen LogP contribution in [0.4, 0.5) is 11.4 Å². The topological polar surface area (TPSA) is 104 Å². The fourth-order valence-corrected chi connectivity index (χ4v) is 6.02. The molecule has 31 heavy (non-hydrogen) atoms. The summed E-state index contributed by atoms with van der Waals surface area (Å²) in [5.41, 5.74) is 1.43. The lowest BCUT2D eigenvalue weighted by Crippen LogP contribution is -2.38. The lowest BCUT2D eigenvalue weighted by molar-refractivity contribution is -0.114. The highest BCUT2D eigenvalue weighted by Gasteiger charge is 2.26. The Morgan fingerprint density at radius 3 is 2.32 bits per heavy atom. The maximum absolute atomic E-state index is 12.9. The molecule has 1 amide bonds. The van der Waals surface area contributed by atoms with Crippen molar-refractivity contribution in [1.82, 2.24) is 4.31 Å². The molecule has 0 saturated carbocycles. The molecule has 0 spiro atoms. The van der Waals surface area contributed by atoms with Gasteiger partial charge >= 0.3 is 0 Å². The van der Waals surface area contributed by atoms with Crippen molar-refractivity contribution in [2.45, 2.75) is 31.1 Å². The van der Waals surface area contributed by atoms with E-state index in [0.29, 0.717) is 24.5 Å². The second kappa shape index (κ2) is 9.37. The van der Waals surface area contributed by atoms with Gasteiger partial charge in [-0.15, -0.1) is 0 Å². The predicted molar refractivity (Wildman–Crippen MR) is 121 cm³/mol. The molecule has 1 N–H and O–H groups in total. The molecule has 1 heterocycles. The lowest BCUT2D eigenvalue weighted by atomic mass is 10.2. The highest BCUT2D eigenvalue weighted by molar-refractivity contribution is 7.92. The van der Waals surface area contributed by atoms with Gasteiger partial charge in [-0.3, -0.25) is 9.10 Å². The molecule has 1 aliphatic heterocycles. The van der Waals surface area contributed by atoms with Crippen LogP contribution in [0.15, 0.2) is 53.4 Å². The number of anilines is 2. The Labute approximate surface area is 184 Å². The molecule has 168 valence electrons. The minimum absolute atomic E-state index is 0.103. The van der Waals surface area contributed by atoms with Crippen molar-refractivity contribution in [3.05, 3.63) is 54.1 Å². The van der Waals surface area contributed by atoms with Crippen molar-refractivity contribution in [2.24, 2.45) is 0 Å². The van der Waals surface area contributed by atoms with E-state index in [1.54, 1.807) is 43.3 Å². The summed E-state index contributed by atoms with van der Waals surface area (Å²) >= 11 is 0. The SMILES string of the molecule is Cc1ccccc1N(CC(=O)Nc1cccc(S(=O)(=O)N2CCCCC2)c1)S(C)(=O)=O. The number of para-hydroxylation sites is 1. The number of rotatable bonds is 7. The predicted octanol–water partition coefficient (Wildman–Crippen LogP) is 2.57. The molecule has 1 aliphatic rings. The molecular weight excluding hydrogens is 438 g/mol. The molecule has 0 radical (unpaired) electrons. The second-order valence-corrected chi connectivity index (χ2v) is 11.4. The molecule has 1 saturated heterocycles. The van der Waals surface area contributed by atoms with E-state index in [2.05, 4.69) is 5.32 Å². The Balaban J connectivity index is 1.79. The van der Waals surface area contributed by atoms with Gasteiger partial charge in [0, 0.05) is 18.8 Å². The Kier molecular flexibility index (Phi) is 7.03. The third kappa shape index (κ3) is 5.63. The molecule has 2 aromatic carbocycles. The quantitative estimate of drug-likeness (QED) is 0.677.